The Balaban J connectivity index is 2.13. The Labute approximate surface area is 127 Å². The van der Waals surface area contributed by atoms with E-state index in [-0.39, 0.29) is 0 Å². The summed E-state index contributed by atoms with van der Waals surface area (Å²) >= 11 is 2.35. The lowest BCUT2D eigenvalue weighted by Crippen LogP contribution is -2.14. The number of halogens is 1. The maximum atomic E-state index is 11.7. The predicted octanol–water partition coefficient (Wildman–Crippen LogP) is 4.36. The van der Waals surface area contributed by atoms with Crippen molar-refractivity contribution in [3.05, 3.63) is 29.5 Å². The zero-order valence-corrected chi connectivity index (χ0v) is 14.0. The quantitative estimate of drug-likeness (QED) is 0.568. The molecule has 1 aromatic carbocycles. The minimum Gasteiger partial charge on any atom is -0.300 e. The highest BCUT2D eigenvalue weighted by Gasteiger charge is 2.24. The Morgan fingerprint density at radius 3 is 3.05 bits per heavy atom. The Bertz CT molecular complexity index is 638. The molecule has 1 aromatic heterocycles. The molecule has 1 saturated carbocycles. The number of aryl methyl sites for hydroxylation is 1. The van der Waals surface area contributed by atoms with Crippen molar-refractivity contribution in [3.8, 4) is 0 Å². The van der Waals surface area contributed by atoms with Crippen LogP contribution in [0, 0.1) is 6.92 Å². The molecule has 0 saturated heterocycles. The zero-order chi connectivity index (χ0) is 13.4. The number of Topliss-reactive ketones (excluding diaryl/α,β-unsaturated/α-hetero) is 1. The summed E-state index contributed by atoms with van der Waals surface area (Å²) < 4.78 is 2.05. The number of benzene rings is 1. The third-order valence-corrected chi connectivity index (χ3v) is 5.87. The van der Waals surface area contributed by atoms with Crippen molar-refractivity contribution in [2.45, 2.75) is 38.5 Å². The Morgan fingerprint density at radius 1 is 1.47 bits per heavy atom. The monoisotopic (exact) mass is 386 g/mol. The fraction of sp³-hybridized carbons (Fsp3) is 0.429. The van der Waals surface area contributed by atoms with Crippen molar-refractivity contribution in [1.82, 2.24) is 9.55 Å². The standard InChI is InChI=1S/C14H16IN2OP/c1-9-5-6-13-12(8-16-17(13)19-15)14(9)10-3-2-4-11(18)7-10/h5-6,8,10,19H,2-4,7H2,1H3. The first-order chi connectivity index (χ1) is 9.20. The highest BCUT2D eigenvalue weighted by molar-refractivity contribution is 14.2. The lowest BCUT2D eigenvalue weighted by molar-refractivity contribution is -0.120. The number of rotatable bonds is 2. The van der Waals surface area contributed by atoms with Crippen molar-refractivity contribution in [2.24, 2.45) is 0 Å². The molecule has 0 aliphatic heterocycles. The fourth-order valence-electron chi connectivity index (χ4n) is 3.11. The van der Waals surface area contributed by atoms with E-state index in [1.165, 1.54) is 22.0 Å². The van der Waals surface area contributed by atoms with Crippen LogP contribution < -0.4 is 0 Å². The van der Waals surface area contributed by atoms with Gasteiger partial charge in [0.15, 0.2) is 0 Å². The second-order valence-electron chi connectivity index (χ2n) is 5.20. The molecule has 0 bridgehead atoms. The van der Waals surface area contributed by atoms with Crippen LogP contribution in [0.2, 0.25) is 0 Å². The van der Waals surface area contributed by atoms with E-state index in [2.05, 4.69) is 46.2 Å². The Hall–Kier alpha value is -0.480. The van der Waals surface area contributed by atoms with E-state index in [0.717, 1.165) is 19.3 Å². The van der Waals surface area contributed by atoms with Crippen LogP contribution in [-0.4, -0.2) is 15.3 Å². The van der Waals surface area contributed by atoms with E-state index in [4.69, 9.17) is 0 Å². The molecule has 0 spiro atoms. The summed E-state index contributed by atoms with van der Waals surface area (Å²) in [5.74, 6) is 0.802. The topological polar surface area (TPSA) is 34.9 Å². The van der Waals surface area contributed by atoms with Crippen LogP contribution in [0.1, 0.15) is 42.7 Å². The summed E-state index contributed by atoms with van der Waals surface area (Å²) in [4.78, 5) is 11.7. The van der Waals surface area contributed by atoms with Gasteiger partial charge >= 0.3 is 0 Å². The van der Waals surface area contributed by atoms with Gasteiger partial charge in [0.2, 0.25) is 0 Å². The van der Waals surface area contributed by atoms with E-state index < -0.39 is 0 Å². The molecule has 1 heterocycles. The molecular weight excluding hydrogens is 370 g/mol. The van der Waals surface area contributed by atoms with Gasteiger partial charge in [-0.1, -0.05) is 6.07 Å². The van der Waals surface area contributed by atoms with Gasteiger partial charge in [0, 0.05) is 18.2 Å². The highest BCUT2D eigenvalue weighted by Crippen LogP contribution is 2.38. The molecular formula is C14H16IN2OP. The molecule has 2 atom stereocenters. The van der Waals surface area contributed by atoms with E-state index in [9.17, 15) is 4.79 Å². The van der Waals surface area contributed by atoms with Crippen molar-refractivity contribution in [1.29, 1.82) is 0 Å². The van der Waals surface area contributed by atoms with Gasteiger partial charge in [-0.15, -0.1) is 0 Å². The van der Waals surface area contributed by atoms with Crippen LogP contribution in [0.5, 0.6) is 0 Å². The number of hydrogen-bond acceptors (Lipinski definition) is 2. The minimum absolute atomic E-state index is 0.389. The SMILES string of the molecule is Cc1ccc2c(cnn2PI)c1C1CCCC(=O)C1. The van der Waals surface area contributed by atoms with Gasteiger partial charge in [0.05, 0.1) is 18.1 Å². The van der Waals surface area contributed by atoms with E-state index in [1.54, 1.807) is 0 Å². The first kappa shape index (κ1) is 13.5. The number of aromatic nitrogens is 2. The Kier molecular flexibility index (Phi) is 3.90. The highest BCUT2D eigenvalue weighted by atomic mass is 127. The normalized spacial score (nSPS) is 20.7. The molecule has 2 aromatic rings. The van der Waals surface area contributed by atoms with Crippen LogP contribution in [0.25, 0.3) is 10.9 Å². The van der Waals surface area contributed by atoms with Gasteiger partial charge in [0.25, 0.3) is 0 Å². The lowest BCUT2D eigenvalue weighted by atomic mass is 9.80. The van der Waals surface area contributed by atoms with Crippen molar-refractivity contribution >= 4 is 45.1 Å². The predicted molar refractivity (Wildman–Crippen MR) is 88.4 cm³/mol. The molecule has 1 aliphatic carbocycles. The number of ketones is 1. The van der Waals surface area contributed by atoms with E-state index in [0.29, 0.717) is 24.5 Å². The molecule has 0 N–H and O–H groups in total. The number of hydrogen-bond donors (Lipinski definition) is 0. The molecule has 100 valence electrons. The maximum absolute atomic E-state index is 11.7. The van der Waals surface area contributed by atoms with Gasteiger partial charge in [-0.25, -0.2) is 4.45 Å². The summed E-state index contributed by atoms with van der Waals surface area (Å²) in [5, 5.41) is 5.71. The first-order valence-corrected chi connectivity index (χ1v) is 10.6. The Morgan fingerprint density at radius 2 is 2.32 bits per heavy atom. The van der Waals surface area contributed by atoms with Gasteiger partial charge < -0.3 is 0 Å². The van der Waals surface area contributed by atoms with Gasteiger partial charge in [-0.05, 0) is 64.9 Å². The molecule has 1 aliphatic rings. The lowest BCUT2D eigenvalue weighted by Gasteiger charge is -2.23. The number of nitrogens with zero attached hydrogens (tertiary/aromatic N) is 2. The summed E-state index contributed by atoms with van der Waals surface area (Å²) in [7, 11) is 0. The summed E-state index contributed by atoms with van der Waals surface area (Å²) in [6.07, 6.45) is 6.22. The third-order valence-electron chi connectivity index (χ3n) is 3.98. The van der Waals surface area contributed by atoms with E-state index >= 15 is 0 Å². The van der Waals surface area contributed by atoms with E-state index in [1.807, 2.05) is 10.6 Å². The molecule has 3 nitrogen and oxygen atoms in total. The second kappa shape index (κ2) is 5.49. The van der Waals surface area contributed by atoms with Crippen LogP contribution in [-0.2, 0) is 4.79 Å². The number of carbonyl (C=O) groups excluding carboxylic acids is 1. The largest absolute Gasteiger partial charge is 0.300 e. The third kappa shape index (κ3) is 2.45. The molecule has 5 heteroatoms. The van der Waals surface area contributed by atoms with Crippen molar-refractivity contribution in [3.63, 3.8) is 0 Å². The fourth-order valence-corrected chi connectivity index (χ4v) is 4.65. The van der Waals surface area contributed by atoms with Crippen LogP contribution >= 0.6 is 28.4 Å². The average Bonchev–Trinajstić information content (AvgIpc) is 2.81. The molecule has 2 unspecified atom stereocenters. The summed E-state index contributed by atoms with van der Waals surface area (Å²) in [6.45, 7) is 2.15. The maximum Gasteiger partial charge on any atom is 0.133 e. The van der Waals surface area contributed by atoms with Crippen molar-refractivity contribution < 1.29 is 4.79 Å². The second-order valence-corrected chi connectivity index (χ2v) is 7.24. The van der Waals surface area contributed by atoms with Crippen LogP contribution in [0.4, 0.5) is 0 Å². The zero-order valence-electron chi connectivity index (χ0n) is 10.8. The van der Waals surface area contributed by atoms with Crippen LogP contribution in [0.3, 0.4) is 0 Å². The molecule has 0 amide bonds. The molecule has 1 fully saturated rings. The number of carbonyl (C=O) groups is 1. The van der Waals surface area contributed by atoms with Gasteiger partial charge in [-0.3, -0.25) is 4.79 Å². The van der Waals surface area contributed by atoms with Crippen molar-refractivity contribution in [2.75, 3.05) is 0 Å². The van der Waals surface area contributed by atoms with Gasteiger partial charge in [0.1, 0.15) is 5.78 Å². The smallest absolute Gasteiger partial charge is 0.133 e. The number of fused-ring (bicyclic) bond motifs is 1. The van der Waals surface area contributed by atoms with Crippen LogP contribution in [0.15, 0.2) is 18.3 Å². The average molecular weight is 386 g/mol. The van der Waals surface area contributed by atoms with Gasteiger partial charge in [-0.2, -0.15) is 5.10 Å². The summed E-state index contributed by atoms with van der Waals surface area (Å²) in [5.41, 5.74) is 3.85. The molecule has 0 radical (unpaired) electrons. The molecule has 3 rings (SSSR count). The first-order valence-electron chi connectivity index (χ1n) is 6.56. The summed E-state index contributed by atoms with van der Waals surface area (Å²) in [6, 6.07) is 4.32. The minimum atomic E-state index is 0.389. The molecule has 19 heavy (non-hydrogen) atoms.